The van der Waals surface area contributed by atoms with Gasteiger partial charge in [-0.25, -0.2) is 0 Å². The van der Waals surface area contributed by atoms with Crippen molar-refractivity contribution in [2.24, 2.45) is 5.73 Å². The molecule has 2 fully saturated rings. The molecule has 4 heteroatoms. The van der Waals surface area contributed by atoms with Crippen LogP contribution in [-0.4, -0.2) is 47.9 Å². The lowest BCUT2D eigenvalue weighted by Gasteiger charge is -2.32. The summed E-state index contributed by atoms with van der Waals surface area (Å²) in [7, 11) is 0. The van der Waals surface area contributed by atoms with Crippen LogP contribution in [-0.2, 0) is 6.54 Å². The number of likely N-dealkylation sites (tertiary alicyclic amines) is 2. The van der Waals surface area contributed by atoms with E-state index in [-0.39, 0.29) is 5.91 Å². The number of benzene rings is 1. The van der Waals surface area contributed by atoms with Gasteiger partial charge in [-0.2, -0.15) is 0 Å². The van der Waals surface area contributed by atoms with Crippen LogP contribution in [0.2, 0.25) is 0 Å². The van der Waals surface area contributed by atoms with E-state index in [0.717, 1.165) is 30.6 Å². The predicted octanol–water partition coefficient (Wildman–Crippen LogP) is 1.85. The van der Waals surface area contributed by atoms with Gasteiger partial charge in [-0.15, -0.1) is 0 Å². The van der Waals surface area contributed by atoms with Crippen molar-refractivity contribution in [3.63, 3.8) is 0 Å². The van der Waals surface area contributed by atoms with Gasteiger partial charge in [-0.1, -0.05) is 18.6 Å². The van der Waals surface area contributed by atoms with Gasteiger partial charge in [0.1, 0.15) is 0 Å². The van der Waals surface area contributed by atoms with E-state index in [2.05, 4.69) is 4.90 Å². The largest absolute Gasteiger partial charge is 0.337 e. The second-order valence-corrected chi connectivity index (χ2v) is 6.19. The molecule has 0 radical (unpaired) electrons. The van der Waals surface area contributed by atoms with Gasteiger partial charge in [-0.05, 0) is 50.0 Å². The summed E-state index contributed by atoms with van der Waals surface area (Å²) in [4.78, 5) is 17.1. The highest BCUT2D eigenvalue weighted by Crippen LogP contribution is 2.21. The second kappa shape index (κ2) is 6.58. The first kappa shape index (κ1) is 14.5. The van der Waals surface area contributed by atoms with Crippen LogP contribution in [0, 0.1) is 0 Å². The van der Waals surface area contributed by atoms with Gasteiger partial charge >= 0.3 is 0 Å². The van der Waals surface area contributed by atoms with E-state index in [1.807, 2.05) is 29.2 Å². The maximum absolute atomic E-state index is 12.6. The number of piperidine rings is 1. The Hall–Kier alpha value is -1.39. The van der Waals surface area contributed by atoms with E-state index in [9.17, 15) is 4.79 Å². The molecular weight excluding hydrogens is 262 g/mol. The molecule has 2 aliphatic heterocycles. The zero-order valence-corrected chi connectivity index (χ0v) is 12.6. The standard InChI is InChI=1S/C17H25N3O/c18-12-14-4-6-15(7-5-14)17(21)20-11-8-16(13-20)19-9-2-1-3-10-19/h4-7,16H,1-3,8-13,18H2. The summed E-state index contributed by atoms with van der Waals surface area (Å²) in [5.74, 6) is 0.165. The molecule has 0 spiro atoms. The Morgan fingerprint density at radius 3 is 2.48 bits per heavy atom. The van der Waals surface area contributed by atoms with Gasteiger partial charge in [0, 0.05) is 31.2 Å². The van der Waals surface area contributed by atoms with Gasteiger partial charge in [-0.3, -0.25) is 9.69 Å². The molecule has 0 bridgehead atoms. The molecular formula is C17H25N3O. The molecule has 0 aromatic heterocycles. The minimum absolute atomic E-state index is 0.165. The van der Waals surface area contributed by atoms with Gasteiger partial charge < -0.3 is 10.6 Å². The predicted molar refractivity (Wildman–Crippen MR) is 84.1 cm³/mol. The van der Waals surface area contributed by atoms with Crippen LogP contribution in [0.15, 0.2) is 24.3 Å². The van der Waals surface area contributed by atoms with E-state index in [1.54, 1.807) is 0 Å². The number of hydrogen-bond donors (Lipinski definition) is 1. The van der Waals surface area contributed by atoms with Crippen molar-refractivity contribution in [2.45, 2.75) is 38.3 Å². The number of amides is 1. The fraction of sp³-hybridized carbons (Fsp3) is 0.588. The van der Waals surface area contributed by atoms with Gasteiger partial charge in [0.05, 0.1) is 0 Å². The quantitative estimate of drug-likeness (QED) is 0.923. The molecule has 21 heavy (non-hydrogen) atoms. The Bertz CT molecular complexity index is 479. The summed E-state index contributed by atoms with van der Waals surface area (Å²) in [5, 5.41) is 0. The number of carbonyl (C=O) groups excluding carboxylic acids is 1. The number of nitrogens with zero attached hydrogens (tertiary/aromatic N) is 2. The van der Waals surface area contributed by atoms with Crippen LogP contribution in [0.5, 0.6) is 0 Å². The molecule has 1 aromatic carbocycles. The second-order valence-electron chi connectivity index (χ2n) is 6.19. The lowest BCUT2D eigenvalue weighted by Crippen LogP contribution is -2.41. The maximum atomic E-state index is 12.6. The van der Waals surface area contributed by atoms with Gasteiger partial charge in [0.15, 0.2) is 0 Å². The SMILES string of the molecule is NCc1ccc(C(=O)N2CCC(N3CCCCC3)C2)cc1. The maximum Gasteiger partial charge on any atom is 0.253 e. The third-order valence-electron chi connectivity index (χ3n) is 4.79. The molecule has 3 rings (SSSR count). The van der Waals surface area contributed by atoms with Crippen molar-refractivity contribution in [1.82, 2.24) is 9.80 Å². The average molecular weight is 287 g/mol. The molecule has 1 aromatic rings. The molecule has 1 atom stereocenters. The molecule has 0 aliphatic carbocycles. The molecule has 4 nitrogen and oxygen atoms in total. The zero-order valence-electron chi connectivity index (χ0n) is 12.6. The Kier molecular flexibility index (Phi) is 4.56. The third-order valence-corrected chi connectivity index (χ3v) is 4.79. The molecule has 114 valence electrons. The van der Waals surface area contributed by atoms with E-state index < -0.39 is 0 Å². The van der Waals surface area contributed by atoms with E-state index in [1.165, 1.54) is 32.4 Å². The van der Waals surface area contributed by atoms with Crippen LogP contribution in [0.1, 0.15) is 41.6 Å². The van der Waals surface area contributed by atoms with Crippen LogP contribution in [0.3, 0.4) is 0 Å². The lowest BCUT2D eigenvalue weighted by atomic mass is 10.1. The Balaban J connectivity index is 1.60. The van der Waals surface area contributed by atoms with E-state index in [4.69, 9.17) is 5.73 Å². The van der Waals surface area contributed by atoms with E-state index >= 15 is 0 Å². The normalized spacial score (nSPS) is 23.5. The van der Waals surface area contributed by atoms with Crippen LogP contribution in [0.25, 0.3) is 0 Å². The fourth-order valence-corrected chi connectivity index (χ4v) is 3.47. The van der Waals surface area contributed by atoms with Gasteiger partial charge in [0.25, 0.3) is 5.91 Å². The molecule has 0 saturated carbocycles. The summed E-state index contributed by atoms with van der Waals surface area (Å²) in [6.07, 6.45) is 5.10. The van der Waals surface area contributed by atoms with Crippen molar-refractivity contribution in [2.75, 3.05) is 26.2 Å². The molecule has 2 aliphatic rings. The summed E-state index contributed by atoms with van der Waals surface area (Å²) >= 11 is 0. The highest BCUT2D eigenvalue weighted by atomic mass is 16.2. The molecule has 1 unspecified atom stereocenters. The topological polar surface area (TPSA) is 49.6 Å². The first-order valence-corrected chi connectivity index (χ1v) is 8.10. The minimum Gasteiger partial charge on any atom is -0.337 e. The Morgan fingerprint density at radius 2 is 1.81 bits per heavy atom. The first-order valence-electron chi connectivity index (χ1n) is 8.10. The summed E-state index contributed by atoms with van der Waals surface area (Å²) < 4.78 is 0. The van der Waals surface area contributed by atoms with Gasteiger partial charge in [0.2, 0.25) is 0 Å². The molecule has 2 heterocycles. The van der Waals surface area contributed by atoms with Crippen molar-refractivity contribution in [3.8, 4) is 0 Å². The molecule has 2 saturated heterocycles. The molecule has 1 amide bonds. The minimum atomic E-state index is 0.165. The van der Waals surface area contributed by atoms with Crippen molar-refractivity contribution >= 4 is 5.91 Å². The zero-order chi connectivity index (χ0) is 14.7. The van der Waals surface area contributed by atoms with Crippen molar-refractivity contribution in [1.29, 1.82) is 0 Å². The first-order chi connectivity index (χ1) is 10.3. The Morgan fingerprint density at radius 1 is 1.10 bits per heavy atom. The highest BCUT2D eigenvalue weighted by Gasteiger charge is 2.31. The van der Waals surface area contributed by atoms with E-state index in [0.29, 0.717) is 12.6 Å². The summed E-state index contributed by atoms with van der Waals surface area (Å²) in [5.41, 5.74) is 7.45. The monoisotopic (exact) mass is 287 g/mol. The summed E-state index contributed by atoms with van der Waals surface area (Å²) in [6, 6.07) is 8.27. The fourth-order valence-electron chi connectivity index (χ4n) is 3.47. The number of carbonyl (C=O) groups is 1. The van der Waals surface area contributed by atoms with Crippen LogP contribution < -0.4 is 5.73 Å². The summed E-state index contributed by atoms with van der Waals surface area (Å²) in [6.45, 7) is 4.71. The highest BCUT2D eigenvalue weighted by molar-refractivity contribution is 5.94. The smallest absolute Gasteiger partial charge is 0.253 e. The number of rotatable bonds is 3. The molecule has 2 N–H and O–H groups in total. The van der Waals surface area contributed by atoms with Crippen molar-refractivity contribution < 1.29 is 4.79 Å². The average Bonchev–Trinajstić information content (AvgIpc) is 3.05. The lowest BCUT2D eigenvalue weighted by molar-refractivity contribution is 0.0771. The van der Waals surface area contributed by atoms with Crippen LogP contribution >= 0.6 is 0 Å². The number of hydrogen-bond acceptors (Lipinski definition) is 3. The number of nitrogens with two attached hydrogens (primary N) is 1. The third kappa shape index (κ3) is 3.27. The van der Waals surface area contributed by atoms with Crippen molar-refractivity contribution in [3.05, 3.63) is 35.4 Å². The van der Waals surface area contributed by atoms with Crippen LogP contribution in [0.4, 0.5) is 0 Å². The Labute approximate surface area is 126 Å².